The number of alkyl halides is 3. The fraction of sp³-hybridized carbons (Fsp3) is 0.154. The Morgan fingerprint density at radius 1 is 0.947 bits per heavy atom. The van der Waals surface area contributed by atoms with Crippen LogP contribution in [0.15, 0.2) is 73.4 Å². The Bertz CT molecular complexity index is 1590. The van der Waals surface area contributed by atoms with E-state index in [9.17, 15) is 23.4 Å². The first-order valence-electron chi connectivity index (χ1n) is 11.4. The summed E-state index contributed by atoms with van der Waals surface area (Å²) in [5.41, 5.74) is -0.412. The van der Waals surface area contributed by atoms with Crippen molar-refractivity contribution in [2.45, 2.75) is 25.4 Å². The lowest BCUT2D eigenvalue weighted by molar-refractivity contribution is -0.137. The average Bonchev–Trinajstić information content (AvgIpc) is 3.34. The summed E-state index contributed by atoms with van der Waals surface area (Å²) < 4.78 is 57.8. The van der Waals surface area contributed by atoms with Crippen molar-refractivity contribution in [2.75, 3.05) is 5.32 Å². The van der Waals surface area contributed by atoms with Gasteiger partial charge in [0, 0.05) is 29.1 Å². The van der Waals surface area contributed by atoms with E-state index in [4.69, 9.17) is 0 Å². The van der Waals surface area contributed by atoms with Crippen LogP contribution in [0.25, 0.3) is 28.3 Å². The van der Waals surface area contributed by atoms with Crippen LogP contribution in [0.5, 0.6) is 0 Å². The lowest BCUT2D eigenvalue weighted by Gasteiger charge is -2.21. The van der Waals surface area contributed by atoms with Crippen molar-refractivity contribution in [3.63, 3.8) is 0 Å². The Kier molecular flexibility index (Phi) is 6.51. The van der Waals surface area contributed by atoms with E-state index in [1.54, 1.807) is 37.3 Å². The minimum atomic E-state index is -4.89. The molecule has 0 fully saturated rings. The summed E-state index contributed by atoms with van der Waals surface area (Å²) in [6.07, 6.45) is -2.20. The van der Waals surface area contributed by atoms with Crippen LogP contribution in [0.1, 0.15) is 36.1 Å². The highest BCUT2D eigenvalue weighted by Crippen LogP contribution is 2.39. The van der Waals surface area contributed by atoms with Crippen molar-refractivity contribution < 1.29 is 27.8 Å². The van der Waals surface area contributed by atoms with Gasteiger partial charge in [0.15, 0.2) is 17.7 Å². The quantitative estimate of drug-likeness (QED) is 0.208. The van der Waals surface area contributed by atoms with E-state index in [1.807, 2.05) is 0 Å². The molecule has 0 saturated heterocycles. The van der Waals surface area contributed by atoms with Crippen molar-refractivity contribution in [3.8, 4) is 22.6 Å². The number of fused-ring (bicyclic) bond motifs is 1. The summed E-state index contributed by atoms with van der Waals surface area (Å²) in [5, 5.41) is 23.9. The van der Waals surface area contributed by atoms with Crippen LogP contribution in [-0.4, -0.2) is 34.5 Å². The maximum atomic E-state index is 15.1. The van der Waals surface area contributed by atoms with Crippen molar-refractivity contribution in [2.24, 2.45) is 0 Å². The van der Waals surface area contributed by atoms with Gasteiger partial charge in [0.1, 0.15) is 17.8 Å². The molecule has 3 N–H and O–H groups in total. The highest BCUT2D eigenvalue weighted by Gasteiger charge is 2.36. The highest BCUT2D eigenvalue weighted by atomic mass is 19.4. The maximum Gasteiger partial charge on any atom is 0.417 e. The molecule has 3 heterocycles. The summed E-state index contributed by atoms with van der Waals surface area (Å²) in [6.45, 7) is 1.54. The van der Waals surface area contributed by atoms with Crippen LogP contribution in [-0.2, 0) is 6.18 Å². The number of aliphatic hydroxyl groups is 2. The second-order valence-corrected chi connectivity index (χ2v) is 8.42. The van der Waals surface area contributed by atoms with Gasteiger partial charge in [-0.2, -0.15) is 13.2 Å². The van der Waals surface area contributed by atoms with E-state index in [-0.39, 0.29) is 17.2 Å². The van der Waals surface area contributed by atoms with Crippen LogP contribution in [0.3, 0.4) is 0 Å². The molecule has 2 unspecified atom stereocenters. The molecule has 3 aromatic heterocycles. The third-order valence-electron chi connectivity index (χ3n) is 5.89. The Labute approximate surface area is 213 Å². The molecule has 38 heavy (non-hydrogen) atoms. The Morgan fingerprint density at radius 2 is 1.66 bits per heavy atom. The summed E-state index contributed by atoms with van der Waals surface area (Å²) >= 11 is 0. The SMILES string of the molecule is CC(O)c1cnc2c(NC(O)c3cc(-c4ncccn4)c(C(F)(F)F)cc3F)c(-c3ccccc3)ncn12. The number of benzene rings is 2. The molecule has 5 rings (SSSR count). The van der Waals surface area contributed by atoms with Crippen LogP contribution in [0.2, 0.25) is 0 Å². The molecular formula is C26H20F4N6O2. The van der Waals surface area contributed by atoms with Gasteiger partial charge in [-0.05, 0) is 25.1 Å². The predicted molar refractivity (Wildman–Crippen MR) is 130 cm³/mol. The third-order valence-corrected chi connectivity index (χ3v) is 5.89. The first kappa shape index (κ1) is 25.2. The topological polar surface area (TPSA) is 108 Å². The van der Waals surface area contributed by atoms with Crippen LogP contribution >= 0.6 is 0 Å². The van der Waals surface area contributed by atoms with Gasteiger partial charge < -0.3 is 15.5 Å². The third kappa shape index (κ3) is 4.66. The van der Waals surface area contributed by atoms with Crippen molar-refractivity contribution >= 4 is 11.3 Å². The molecule has 12 heteroatoms. The molecule has 0 bridgehead atoms. The molecule has 194 valence electrons. The van der Waals surface area contributed by atoms with Gasteiger partial charge in [-0.15, -0.1) is 0 Å². The number of hydrogen-bond donors (Lipinski definition) is 3. The van der Waals surface area contributed by atoms with Crippen LogP contribution in [0, 0.1) is 5.82 Å². The number of aliphatic hydroxyl groups excluding tert-OH is 2. The van der Waals surface area contributed by atoms with Gasteiger partial charge in [-0.1, -0.05) is 30.3 Å². The molecule has 0 aliphatic carbocycles. The molecule has 0 spiro atoms. The fourth-order valence-electron chi connectivity index (χ4n) is 4.09. The minimum Gasteiger partial charge on any atom is -0.387 e. The van der Waals surface area contributed by atoms with E-state index in [0.29, 0.717) is 23.0 Å². The van der Waals surface area contributed by atoms with Crippen LogP contribution in [0.4, 0.5) is 23.2 Å². The molecule has 5 aromatic rings. The minimum absolute atomic E-state index is 0.176. The number of hydrogen-bond acceptors (Lipinski definition) is 7. The van der Waals surface area contributed by atoms with Gasteiger partial charge in [0.2, 0.25) is 0 Å². The van der Waals surface area contributed by atoms with E-state index in [1.165, 1.54) is 35.4 Å². The molecule has 0 aliphatic heterocycles. The highest BCUT2D eigenvalue weighted by molar-refractivity contribution is 5.84. The summed E-state index contributed by atoms with van der Waals surface area (Å²) in [4.78, 5) is 16.5. The fourth-order valence-corrected chi connectivity index (χ4v) is 4.09. The number of nitrogens with one attached hydrogen (secondary N) is 1. The second kappa shape index (κ2) is 9.80. The predicted octanol–water partition coefficient (Wildman–Crippen LogP) is 5.17. The normalized spacial score (nSPS) is 13.4. The number of imidazole rings is 1. The van der Waals surface area contributed by atoms with Gasteiger partial charge >= 0.3 is 6.18 Å². The van der Waals surface area contributed by atoms with E-state index >= 15 is 4.39 Å². The van der Waals surface area contributed by atoms with Gasteiger partial charge in [-0.3, -0.25) is 4.40 Å². The second-order valence-electron chi connectivity index (χ2n) is 8.42. The molecule has 0 aliphatic rings. The first-order chi connectivity index (χ1) is 18.1. The zero-order chi connectivity index (χ0) is 27.0. The van der Waals surface area contributed by atoms with Crippen molar-refractivity contribution in [1.29, 1.82) is 0 Å². The Hall–Kier alpha value is -4.42. The molecule has 0 saturated carbocycles. The largest absolute Gasteiger partial charge is 0.417 e. The van der Waals surface area contributed by atoms with Gasteiger partial charge in [-0.25, -0.2) is 24.3 Å². The number of halogens is 4. The molecule has 8 nitrogen and oxygen atoms in total. The molecule has 0 radical (unpaired) electrons. The zero-order valence-electron chi connectivity index (χ0n) is 19.7. The lowest BCUT2D eigenvalue weighted by Crippen LogP contribution is -2.16. The Morgan fingerprint density at radius 3 is 2.32 bits per heavy atom. The molecule has 2 atom stereocenters. The molecular weight excluding hydrogens is 504 g/mol. The van der Waals surface area contributed by atoms with Crippen molar-refractivity contribution in [1.82, 2.24) is 24.3 Å². The van der Waals surface area contributed by atoms with E-state index < -0.39 is 41.0 Å². The van der Waals surface area contributed by atoms with Crippen LogP contribution < -0.4 is 5.32 Å². The number of aromatic nitrogens is 5. The smallest absolute Gasteiger partial charge is 0.387 e. The monoisotopic (exact) mass is 524 g/mol. The van der Waals surface area contributed by atoms with E-state index in [2.05, 4.69) is 25.3 Å². The maximum absolute atomic E-state index is 15.1. The summed E-state index contributed by atoms with van der Waals surface area (Å²) in [5.74, 6) is -1.57. The summed E-state index contributed by atoms with van der Waals surface area (Å²) in [6, 6.07) is 11.5. The van der Waals surface area contributed by atoms with Gasteiger partial charge in [0.25, 0.3) is 0 Å². The molecule has 2 aromatic carbocycles. The lowest BCUT2D eigenvalue weighted by atomic mass is 10.0. The number of rotatable bonds is 6. The summed E-state index contributed by atoms with van der Waals surface area (Å²) in [7, 11) is 0. The van der Waals surface area contributed by atoms with E-state index in [0.717, 1.165) is 6.07 Å². The Balaban J connectivity index is 1.65. The zero-order valence-corrected chi connectivity index (χ0v) is 19.7. The average molecular weight is 524 g/mol. The number of anilines is 1. The van der Waals surface area contributed by atoms with Crippen molar-refractivity contribution in [3.05, 3.63) is 96.1 Å². The first-order valence-corrected chi connectivity index (χ1v) is 11.4. The van der Waals surface area contributed by atoms with Gasteiger partial charge in [0.05, 0.1) is 29.3 Å². The standard InChI is InChI=1S/C26H20F4N6O2/c1-14(37)20-12-33-24-22(21(34-13-36(20)24)15-6-3-2-4-7-15)35-25(38)17-10-16(23-31-8-5-9-32-23)18(11-19(17)27)26(28,29)30/h2-14,25,35,37-38H,1H3. The number of nitrogens with zero attached hydrogens (tertiary/aromatic N) is 5. The molecule has 0 amide bonds.